The van der Waals surface area contributed by atoms with Crippen LogP contribution >= 0.6 is 0 Å². The Morgan fingerprint density at radius 3 is 3.17 bits per heavy atom. The van der Waals surface area contributed by atoms with Crippen molar-refractivity contribution >= 4 is 11.6 Å². The Bertz CT molecular complexity index is 421. The number of amides is 1. The van der Waals surface area contributed by atoms with Crippen LogP contribution in [0.1, 0.15) is 23.2 Å². The summed E-state index contributed by atoms with van der Waals surface area (Å²) in [6.07, 6.45) is 1.47. The van der Waals surface area contributed by atoms with E-state index in [1.807, 2.05) is 12.1 Å². The summed E-state index contributed by atoms with van der Waals surface area (Å²) in [5, 5.41) is 14.7. The molecule has 0 bridgehead atoms. The molecule has 0 atom stereocenters. The Morgan fingerprint density at radius 1 is 1.44 bits per heavy atom. The molecule has 2 rings (SSSR count). The molecule has 1 aliphatic heterocycles. The van der Waals surface area contributed by atoms with Gasteiger partial charge in [-0.05, 0) is 25.0 Å². The summed E-state index contributed by atoms with van der Waals surface area (Å²) >= 11 is 0. The van der Waals surface area contributed by atoms with E-state index in [4.69, 9.17) is 9.84 Å². The van der Waals surface area contributed by atoms with Gasteiger partial charge in [0.05, 0.1) is 11.3 Å². The van der Waals surface area contributed by atoms with Gasteiger partial charge >= 0.3 is 0 Å². The lowest BCUT2D eigenvalue weighted by Gasteiger charge is -2.21. The van der Waals surface area contributed by atoms with Crippen molar-refractivity contribution in [1.29, 1.82) is 0 Å². The molecule has 1 aromatic rings. The number of benzene rings is 1. The second-order valence-corrected chi connectivity index (χ2v) is 4.14. The van der Waals surface area contributed by atoms with Crippen LogP contribution in [0, 0.1) is 0 Å². The molecule has 5 nitrogen and oxygen atoms in total. The average molecular weight is 250 g/mol. The van der Waals surface area contributed by atoms with Gasteiger partial charge < -0.3 is 20.5 Å². The lowest BCUT2D eigenvalue weighted by Crippen LogP contribution is -2.27. The fourth-order valence-corrected chi connectivity index (χ4v) is 1.88. The van der Waals surface area contributed by atoms with E-state index in [1.54, 1.807) is 6.07 Å². The molecule has 1 heterocycles. The Morgan fingerprint density at radius 2 is 2.33 bits per heavy atom. The van der Waals surface area contributed by atoms with Gasteiger partial charge in [0.15, 0.2) is 5.75 Å². The van der Waals surface area contributed by atoms with Crippen LogP contribution in [-0.4, -0.2) is 37.3 Å². The highest BCUT2D eigenvalue weighted by molar-refractivity contribution is 5.98. The Labute approximate surface area is 106 Å². The van der Waals surface area contributed by atoms with Crippen LogP contribution in [0.3, 0.4) is 0 Å². The number of hydrogen-bond acceptors (Lipinski definition) is 4. The first-order chi connectivity index (χ1) is 8.83. The van der Waals surface area contributed by atoms with Crippen molar-refractivity contribution < 1.29 is 14.6 Å². The van der Waals surface area contributed by atoms with E-state index in [1.165, 1.54) is 0 Å². The normalized spacial score (nSPS) is 13.2. The van der Waals surface area contributed by atoms with E-state index in [9.17, 15) is 4.79 Å². The Balaban J connectivity index is 2.01. The first-order valence-corrected chi connectivity index (χ1v) is 6.21. The molecule has 0 spiro atoms. The number of aliphatic hydroxyl groups is 1. The topological polar surface area (TPSA) is 70.6 Å². The standard InChI is InChI=1S/C13H18N2O3/c16-8-2-1-6-15-13(17)10-4-3-5-11-12(10)18-9-7-14-11/h3-5,14,16H,1-2,6-9H2,(H,15,17). The van der Waals surface area contributed by atoms with Gasteiger partial charge in [0, 0.05) is 19.7 Å². The quantitative estimate of drug-likeness (QED) is 0.682. The van der Waals surface area contributed by atoms with Crippen LogP contribution in [0.15, 0.2) is 18.2 Å². The summed E-state index contributed by atoms with van der Waals surface area (Å²) in [6, 6.07) is 5.49. The van der Waals surface area contributed by atoms with E-state index >= 15 is 0 Å². The van der Waals surface area contributed by atoms with E-state index in [0.717, 1.165) is 18.7 Å². The fourth-order valence-electron chi connectivity index (χ4n) is 1.88. The summed E-state index contributed by atoms with van der Waals surface area (Å²) in [5.74, 6) is 0.497. The third kappa shape index (κ3) is 2.92. The average Bonchev–Trinajstić information content (AvgIpc) is 2.43. The zero-order valence-corrected chi connectivity index (χ0v) is 10.2. The summed E-state index contributed by atoms with van der Waals surface area (Å²) in [7, 11) is 0. The first-order valence-electron chi connectivity index (χ1n) is 6.21. The third-order valence-electron chi connectivity index (χ3n) is 2.79. The van der Waals surface area contributed by atoms with Crippen molar-refractivity contribution in [2.24, 2.45) is 0 Å². The van der Waals surface area contributed by atoms with Gasteiger partial charge in [0.2, 0.25) is 0 Å². The molecule has 5 heteroatoms. The SMILES string of the molecule is O=C(NCCCCO)c1cccc2c1OCCN2. The molecule has 1 aromatic carbocycles. The van der Waals surface area contributed by atoms with Crippen molar-refractivity contribution in [2.75, 3.05) is 31.6 Å². The zero-order chi connectivity index (χ0) is 12.8. The van der Waals surface area contributed by atoms with Gasteiger partial charge in [0.1, 0.15) is 6.61 Å². The lowest BCUT2D eigenvalue weighted by atomic mass is 10.1. The zero-order valence-electron chi connectivity index (χ0n) is 10.2. The number of para-hydroxylation sites is 1. The number of carbonyl (C=O) groups is 1. The second kappa shape index (κ2) is 6.26. The Hall–Kier alpha value is -1.75. The minimum Gasteiger partial charge on any atom is -0.489 e. The summed E-state index contributed by atoms with van der Waals surface area (Å²) in [4.78, 5) is 12.0. The molecule has 0 aromatic heterocycles. The van der Waals surface area contributed by atoms with Crippen molar-refractivity contribution in [2.45, 2.75) is 12.8 Å². The highest BCUT2D eigenvalue weighted by Crippen LogP contribution is 2.30. The minimum absolute atomic E-state index is 0.131. The molecule has 0 fully saturated rings. The van der Waals surface area contributed by atoms with Gasteiger partial charge in [-0.15, -0.1) is 0 Å². The number of anilines is 1. The number of ether oxygens (including phenoxy) is 1. The third-order valence-corrected chi connectivity index (χ3v) is 2.79. The highest BCUT2D eigenvalue weighted by atomic mass is 16.5. The molecule has 18 heavy (non-hydrogen) atoms. The molecule has 0 unspecified atom stereocenters. The van der Waals surface area contributed by atoms with Crippen LogP contribution in [-0.2, 0) is 0 Å². The van der Waals surface area contributed by atoms with E-state index in [-0.39, 0.29) is 12.5 Å². The highest BCUT2D eigenvalue weighted by Gasteiger charge is 2.18. The largest absolute Gasteiger partial charge is 0.489 e. The van der Waals surface area contributed by atoms with Gasteiger partial charge in [-0.2, -0.15) is 0 Å². The molecule has 1 amide bonds. The molecule has 0 aliphatic carbocycles. The number of hydrogen-bond donors (Lipinski definition) is 3. The van der Waals surface area contributed by atoms with Gasteiger partial charge in [-0.1, -0.05) is 6.07 Å². The monoisotopic (exact) mass is 250 g/mol. The maximum Gasteiger partial charge on any atom is 0.255 e. The molecule has 3 N–H and O–H groups in total. The van der Waals surface area contributed by atoms with Crippen molar-refractivity contribution in [3.8, 4) is 5.75 Å². The van der Waals surface area contributed by atoms with Crippen LogP contribution in [0.4, 0.5) is 5.69 Å². The number of unbranched alkanes of at least 4 members (excludes halogenated alkanes) is 1. The van der Waals surface area contributed by atoms with Crippen LogP contribution in [0.5, 0.6) is 5.75 Å². The van der Waals surface area contributed by atoms with E-state index in [2.05, 4.69) is 10.6 Å². The van der Waals surface area contributed by atoms with Crippen LogP contribution in [0.25, 0.3) is 0 Å². The Kier molecular flexibility index (Phi) is 4.41. The van der Waals surface area contributed by atoms with Crippen LogP contribution in [0.2, 0.25) is 0 Å². The van der Waals surface area contributed by atoms with E-state index in [0.29, 0.717) is 30.9 Å². The van der Waals surface area contributed by atoms with E-state index < -0.39 is 0 Å². The molecule has 0 saturated heterocycles. The number of nitrogens with one attached hydrogen (secondary N) is 2. The van der Waals surface area contributed by atoms with Crippen molar-refractivity contribution in [1.82, 2.24) is 5.32 Å². The number of carbonyl (C=O) groups excluding carboxylic acids is 1. The van der Waals surface area contributed by atoms with Gasteiger partial charge in [0.25, 0.3) is 5.91 Å². The number of aliphatic hydroxyl groups excluding tert-OH is 1. The summed E-state index contributed by atoms with van der Waals surface area (Å²) < 4.78 is 5.54. The number of fused-ring (bicyclic) bond motifs is 1. The molecular weight excluding hydrogens is 232 g/mol. The summed E-state index contributed by atoms with van der Waals surface area (Å²) in [5.41, 5.74) is 1.42. The predicted octanol–water partition coefficient (Wildman–Crippen LogP) is 0.993. The predicted molar refractivity (Wildman–Crippen MR) is 69.1 cm³/mol. The van der Waals surface area contributed by atoms with Gasteiger partial charge in [-0.25, -0.2) is 0 Å². The second-order valence-electron chi connectivity index (χ2n) is 4.14. The fraction of sp³-hybridized carbons (Fsp3) is 0.462. The first kappa shape index (κ1) is 12.7. The summed E-state index contributed by atoms with van der Waals surface area (Å²) in [6.45, 7) is 2.05. The lowest BCUT2D eigenvalue weighted by molar-refractivity contribution is 0.0948. The number of rotatable bonds is 5. The molecule has 0 radical (unpaired) electrons. The maximum absolute atomic E-state index is 12.0. The smallest absolute Gasteiger partial charge is 0.255 e. The van der Waals surface area contributed by atoms with Crippen molar-refractivity contribution in [3.63, 3.8) is 0 Å². The molecule has 98 valence electrons. The molecule has 0 saturated carbocycles. The minimum atomic E-state index is -0.131. The van der Waals surface area contributed by atoms with Crippen molar-refractivity contribution in [3.05, 3.63) is 23.8 Å². The maximum atomic E-state index is 12.0. The molecule has 1 aliphatic rings. The van der Waals surface area contributed by atoms with Gasteiger partial charge in [-0.3, -0.25) is 4.79 Å². The molecular formula is C13H18N2O3. The van der Waals surface area contributed by atoms with Crippen LogP contribution < -0.4 is 15.4 Å².